The van der Waals surface area contributed by atoms with Crippen molar-refractivity contribution in [3.8, 4) is 0 Å². The van der Waals surface area contributed by atoms with Gasteiger partial charge in [-0.2, -0.15) is 0 Å². The molecule has 2 heteroatoms. The van der Waals surface area contributed by atoms with Gasteiger partial charge in [-0.3, -0.25) is 0 Å². The van der Waals surface area contributed by atoms with Crippen LogP contribution in [0.25, 0.3) is 0 Å². The predicted molar refractivity (Wildman–Crippen MR) is 34.8 cm³/mol. The molecule has 0 radical (unpaired) electrons. The van der Waals surface area contributed by atoms with Crippen molar-refractivity contribution in [3.63, 3.8) is 0 Å². The molecule has 0 aromatic rings. The lowest BCUT2D eigenvalue weighted by Crippen LogP contribution is -1.97. The van der Waals surface area contributed by atoms with E-state index in [2.05, 4.69) is 6.58 Å². The van der Waals surface area contributed by atoms with Gasteiger partial charge < -0.3 is 9.84 Å². The molecule has 0 spiro atoms. The first-order valence-corrected chi connectivity index (χ1v) is 2.21. The molecule has 0 aliphatic heterocycles. The summed E-state index contributed by atoms with van der Waals surface area (Å²) in [5.41, 5.74) is 0. The fourth-order valence-electron chi connectivity index (χ4n) is 0.231. The molecule has 0 fully saturated rings. The zero-order chi connectivity index (χ0) is 5.54. The van der Waals surface area contributed by atoms with Crippen LogP contribution < -0.4 is 0 Å². The Balaban J connectivity index is 0. The Kier molecular flexibility index (Phi) is 13.0. The second-order valence-corrected chi connectivity index (χ2v) is 1.09. The first-order valence-electron chi connectivity index (χ1n) is 2.21. The highest BCUT2D eigenvalue weighted by Crippen LogP contribution is 1.70. The molecule has 0 aromatic carbocycles. The normalized spacial score (nSPS) is 7.62. The Morgan fingerprint density at radius 3 is 2.62 bits per heavy atom. The molecular formula is C6H14O2. The number of aliphatic hydroxyl groups is 1. The molecule has 0 rings (SSSR count). The summed E-state index contributed by atoms with van der Waals surface area (Å²) in [6.07, 6.45) is 1.65. The van der Waals surface area contributed by atoms with Crippen LogP contribution in [0.15, 0.2) is 12.7 Å². The Bertz CT molecular complexity index is 43.8. The fraction of sp³-hybridized carbons (Fsp3) is 0.667. The van der Waals surface area contributed by atoms with Crippen molar-refractivity contribution in [1.29, 1.82) is 0 Å². The van der Waals surface area contributed by atoms with Crippen LogP contribution in [0.2, 0.25) is 0 Å². The van der Waals surface area contributed by atoms with E-state index in [0.717, 1.165) is 0 Å². The highest BCUT2D eigenvalue weighted by Gasteiger charge is 1.75. The average Bonchev–Trinajstić information content (AvgIpc) is 1.69. The van der Waals surface area contributed by atoms with E-state index in [-0.39, 0.29) is 14.0 Å². The van der Waals surface area contributed by atoms with Crippen molar-refractivity contribution in [2.45, 2.75) is 7.43 Å². The molecule has 50 valence electrons. The lowest BCUT2D eigenvalue weighted by atomic mass is 10.7. The SMILES string of the molecule is C.C=CCOCCO. The summed E-state index contributed by atoms with van der Waals surface area (Å²) in [5.74, 6) is 0. The molecule has 0 heterocycles. The molecule has 0 saturated heterocycles. The van der Waals surface area contributed by atoms with Crippen molar-refractivity contribution in [1.82, 2.24) is 0 Å². The van der Waals surface area contributed by atoms with E-state index in [1.165, 1.54) is 0 Å². The number of aliphatic hydroxyl groups excluding tert-OH is 1. The summed E-state index contributed by atoms with van der Waals surface area (Å²) >= 11 is 0. The smallest absolute Gasteiger partial charge is 0.0701 e. The topological polar surface area (TPSA) is 29.5 Å². The van der Waals surface area contributed by atoms with Gasteiger partial charge in [0.1, 0.15) is 0 Å². The monoisotopic (exact) mass is 118 g/mol. The lowest BCUT2D eigenvalue weighted by molar-refractivity contribution is 0.112. The van der Waals surface area contributed by atoms with Gasteiger partial charge in [0.2, 0.25) is 0 Å². The van der Waals surface area contributed by atoms with Gasteiger partial charge in [0.15, 0.2) is 0 Å². The standard InChI is InChI=1S/C5H10O2.CH4/c1-2-4-7-5-3-6;/h2,6H,1,3-5H2;1H4. The van der Waals surface area contributed by atoms with Crippen molar-refractivity contribution in [3.05, 3.63) is 12.7 Å². The van der Waals surface area contributed by atoms with Gasteiger partial charge in [0.05, 0.1) is 19.8 Å². The van der Waals surface area contributed by atoms with E-state index >= 15 is 0 Å². The molecule has 0 unspecified atom stereocenters. The third-order valence-corrected chi connectivity index (χ3v) is 0.471. The third kappa shape index (κ3) is 9.18. The molecule has 1 N–H and O–H groups in total. The van der Waals surface area contributed by atoms with Gasteiger partial charge in [0.25, 0.3) is 0 Å². The van der Waals surface area contributed by atoms with Gasteiger partial charge in [-0.1, -0.05) is 13.5 Å². The van der Waals surface area contributed by atoms with Gasteiger partial charge >= 0.3 is 0 Å². The lowest BCUT2D eigenvalue weighted by Gasteiger charge is -1.92. The molecule has 2 nitrogen and oxygen atoms in total. The molecule has 0 amide bonds. The Labute approximate surface area is 50.8 Å². The maximum absolute atomic E-state index is 8.13. The highest BCUT2D eigenvalue weighted by atomic mass is 16.5. The zero-order valence-electron chi connectivity index (χ0n) is 4.26. The van der Waals surface area contributed by atoms with E-state index in [1.807, 2.05) is 0 Å². The van der Waals surface area contributed by atoms with E-state index in [4.69, 9.17) is 9.84 Å². The van der Waals surface area contributed by atoms with E-state index in [0.29, 0.717) is 13.2 Å². The maximum Gasteiger partial charge on any atom is 0.0701 e. The van der Waals surface area contributed by atoms with Gasteiger partial charge in [0, 0.05) is 0 Å². The van der Waals surface area contributed by atoms with Crippen molar-refractivity contribution >= 4 is 0 Å². The van der Waals surface area contributed by atoms with Crippen LogP contribution >= 0.6 is 0 Å². The first kappa shape index (κ1) is 10.6. The minimum atomic E-state index is 0. The Morgan fingerprint density at radius 1 is 1.62 bits per heavy atom. The van der Waals surface area contributed by atoms with Gasteiger partial charge in [-0.25, -0.2) is 0 Å². The zero-order valence-corrected chi connectivity index (χ0v) is 4.26. The number of rotatable bonds is 4. The average molecular weight is 118 g/mol. The number of hydrogen-bond donors (Lipinski definition) is 1. The maximum atomic E-state index is 8.13. The molecule has 0 aromatic heterocycles. The summed E-state index contributed by atoms with van der Waals surface area (Å²) in [6.45, 7) is 4.45. The fourth-order valence-corrected chi connectivity index (χ4v) is 0.231. The summed E-state index contributed by atoms with van der Waals surface area (Å²) in [7, 11) is 0. The van der Waals surface area contributed by atoms with Crippen LogP contribution in [0.3, 0.4) is 0 Å². The Hall–Kier alpha value is -0.340. The molecule has 8 heavy (non-hydrogen) atoms. The van der Waals surface area contributed by atoms with Crippen LogP contribution in [0, 0.1) is 0 Å². The van der Waals surface area contributed by atoms with Crippen molar-refractivity contribution < 1.29 is 9.84 Å². The molecule has 0 aliphatic rings. The van der Waals surface area contributed by atoms with E-state index < -0.39 is 0 Å². The van der Waals surface area contributed by atoms with E-state index in [1.54, 1.807) is 6.08 Å². The minimum Gasteiger partial charge on any atom is -0.394 e. The summed E-state index contributed by atoms with van der Waals surface area (Å²) in [4.78, 5) is 0. The van der Waals surface area contributed by atoms with Gasteiger partial charge in [-0.05, 0) is 0 Å². The van der Waals surface area contributed by atoms with E-state index in [9.17, 15) is 0 Å². The first-order chi connectivity index (χ1) is 3.41. The minimum absolute atomic E-state index is 0. The van der Waals surface area contributed by atoms with Gasteiger partial charge in [-0.15, -0.1) is 6.58 Å². The second kappa shape index (κ2) is 9.83. The van der Waals surface area contributed by atoms with Crippen molar-refractivity contribution in [2.24, 2.45) is 0 Å². The Morgan fingerprint density at radius 2 is 2.25 bits per heavy atom. The molecule has 0 aliphatic carbocycles. The second-order valence-electron chi connectivity index (χ2n) is 1.09. The molecule has 0 bridgehead atoms. The summed E-state index contributed by atoms with van der Waals surface area (Å²) < 4.78 is 4.76. The molecular weight excluding hydrogens is 104 g/mol. The number of ether oxygens (including phenoxy) is 1. The van der Waals surface area contributed by atoms with Crippen molar-refractivity contribution in [2.75, 3.05) is 19.8 Å². The summed E-state index contributed by atoms with van der Waals surface area (Å²) in [5, 5.41) is 8.13. The molecule has 0 saturated carbocycles. The van der Waals surface area contributed by atoms with Crippen LogP contribution in [0.4, 0.5) is 0 Å². The van der Waals surface area contributed by atoms with Crippen LogP contribution in [0.5, 0.6) is 0 Å². The quantitative estimate of drug-likeness (QED) is 0.437. The largest absolute Gasteiger partial charge is 0.394 e. The predicted octanol–water partition coefficient (Wildman–Crippen LogP) is 0.817. The highest BCUT2D eigenvalue weighted by molar-refractivity contribution is 4.63. The van der Waals surface area contributed by atoms with Crippen LogP contribution in [-0.4, -0.2) is 24.9 Å². The molecule has 0 atom stereocenters. The summed E-state index contributed by atoms with van der Waals surface area (Å²) in [6, 6.07) is 0. The third-order valence-electron chi connectivity index (χ3n) is 0.471. The van der Waals surface area contributed by atoms with Crippen LogP contribution in [0.1, 0.15) is 7.43 Å². The number of hydrogen-bond acceptors (Lipinski definition) is 2. The van der Waals surface area contributed by atoms with Crippen LogP contribution in [-0.2, 0) is 4.74 Å².